The summed E-state index contributed by atoms with van der Waals surface area (Å²) in [6.07, 6.45) is 0. The van der Waals surface area contributed by atoms with Crippen LogP contribution in [0, 0.1) is 0 Å². The number of benzene rings is 1. The molecule has 1 aromatic rings. The molecule has 0 bridgehead atoms. The number of hydrogen-bond donors (Lipinski definition) is 2. The summed E-state index contributed by atoms with van der Waals surface area (Å²) >= 11 is 5.57. The minimum atomic E-state index is -4.66. The van der Waals surface area contributed by atoms with E-state index >= 15 is 0 Å². The van der Waals surface area contributed by atoms with E-state index < -0.39 is 15.8 Å². The SMILES string of the molecule is Nc1ccc(NS(=O)(=O)C(F)F)cc1Cl. The zero-order valence-electron chi connectivity index (χ0n) is 7.25. The van der Waals surface area contributed by atoms with Crippen molar-refractivity contribution in [3.05, 3.63) is 23.2 Å². The molecule has 0 saturated heterocycles. The van der Waals surface area contributed by atoms with Crippen molar-refractivity contribution < 1.29 is 17.2 Å². The van der Waals surface area contributed by atoms with Crippen molar-refractivity contribution in [2.75, 3.05) is 10.5 Å². The van der Waals surface area contributed by atoms with Gasteiger partial charge in [-0.15, -0.1) is 0 Å². The van der Waals surface area contributed by atoms with Gasteiger partial charge in [0.15, 0.2) is 0 Å². The number of anilines is 2. The first-order chi connectivity index (χ1) is 6.83. The van der Waals surface area contributed by atoms with Crippen molar-refractivity contribution in [3.8, 4) is 0 Å². The molecule has 3 N–H and O–H groups in total. The second kappa shape index (κ2) is 4.19. The first-order valence-electron chi connectivity index (χ1n) is 3.68. The molecular weight excluding hydrogens is 250 g/mol. The van der Waals surface area contributed by atoms with Crippen LogP contribution in [0.3, 0.4) is 0 Å². The quantitative estimate of drug-likeness (QED) is 0.811. The van der Waals surface area contributed by atoms with Gasteiger partial charge in [0.25, 0.3) is 10.0 Å². The third kappa shape index (κ3) is 2.93. The maximum atomic E-state index is 12.0. The van der Waals surface area contributed by atoms with Gasteiger partial charge in [-0.1, -0.05) is 11.6 Å². The number of rotatable bonds is 3. The molecule has 0 unspecified atom stereocenters. The smallest absolute Gasteiger partial charge is 0.355 e. The van der Waals surface area contributed by atoms with Crippen molar-refractivity contribution >= 4 is 33.0 Å². The van der Waals surface area contributed by atoms with Gasteiger partial charge in [-0.05, 0) is 18.2 Å². The lowest BCUT2D eigenvalue weighted by Gasteiger charge is -2.07. The van der Waals surface area contributed by atoms with Crippen LogP contribution in [0.4, 0.5) is 20.2 Å². The molecule has 0 saturated carbocycles. The molecule has 0 amide bonds. The van der Waals surface area contributed by atoms with Gasteiger partial charge >= 0.3 is 5.76 Å². The Kier molecular flexibility index (Phi) is 3.35. The molecule has 4 nitrogen and oxygen atoms in total. The Morgan fingerprint density at radius 2 is 2.00 bits per heavy atom. The molecule has 0 aliphatic heterocycles. The first-order valence-corrected chi connectivity index (χ1v) is 5.60. The highest BCUT2D eigenvalue weighted by Crippen LogP contribution is 2.23. The fourth-order valence-corrected chi connectivity index (χ4v) is 1.52. The topological polar surface area (TPSA) is 72.2 Å². The molecule has 15 heavy (non-hydrogen) atoms. The molecular formula is C7H7ClF2N2O2S. The predicted molar refractivity (Wildman–Crippen MR) is 54.4 cm³/mol. The van der Waals surface area contributed by atoms with E-state index in [0.29, 0.717) is 0 Å². The van der Waals surface area contributed by atoms with Crippen LogP contribution in [0.25, 0.3) is 0 Å². The van der Waals surface area contributed by atoms with Crippen molar-refractivity contribution in [3.63, 3.8) is 0 Å². The van der Waals surface area contributed by atoms with Gasteiger partial charge in [0.2, 0.25) is 0 Å². The van der Waals surface area contributed by atoms with Gasteiger partial charge in [0.1, 0.15) is 0 Å². The lowest BCUT2D eigenvalue weighted by molar-refractivity contribution is 0.236. The van der Waals surface area contributed by atoms with Gasteiger partial charge < -0.3 is 5.73 Å². The molecule has 0 heterocycles. The fraction of sp³-hybridized carbons (Fsp3) is 0.143. The Labute approximate surface area is 90.1 Å². The van der Waals surface area contributed by atoms with E-state index in [0.717, 1.165) is 6.07 Å². The van der Waals surface area contributed by atoms with E-state index in [-0.39, 0.29) is 16.4 Å². The number of nitrogens with two attached hydrogens (primary N) is 1. The summed E-state index contributed by atoms with van der Waals surface area (Å²) in [5, 5.41) is 0.0875. The largest absolute Gasteiger partial charge is 0.398 e. The molecule has 1 aromatic carbocycles. The number of halogens is 3. The molecule has 0 spiro atoms. The highest BCUT2D eigenvalue weighted by molar-refractivity contribution is 7.93. The lowest BCUT2D eigenvalue weighted by atomic mass is 10.3. The van der Waals surface area contributed by atoms with Crippen LogP contribution < -0.4 is 10.5 Å². The molecule has 0 aromatic heterocycles. The highest BCUT2D eigenvalue weighted by Gasteiger charge is 2.23. The monoisotopic (exact) mass is 256 g/mol. The minimum Gasteiger partial charge on any atom is -0.398 e. The maximum Gasteiger partial charge on any atom is 0.355 e. The zero-order valence-corrected chi connectivity index (χ0v) is 8.82. The Hall–Kier alpha value is -1.08. The standard InChI is InChI=1S/C7H7ClF2N2O2S/c8-5-3-4(1-2-6(5)11)12-15(13,14)7(9)10/h1-3,7,12H,11H2. The van der Waals surface area contributed by atoms with Gasteiger partial charge in [0, 0.05) is 0 Å². The van der Waals surface area contributed by atoms with Crippen LogP contribution in [0.2, 0.25) is 5.02 Å². The van der Waals surface area contributed by atoms with Gasteiger partial charge in [0.05, 0.1) is 16.4 Å². The number of sulfonamides is 1. The van der Waals surface area contributed by atoms with Crippen molar-refractivity contribution in [1.82, 2.24) is 0 Å². The van der Waals surface area contributed by atoms with Gasteiger partial charge in [-0.25, -0.2) is 8.42 Å². The Bertz CT molecular complexity index is 464. The average molecular weight is 257 g/mol. The van der Waals surface area contributed by atoms with Crippen LogP contribution in [0.5, 0.6) is 0 Å². The summed E-state index contributed by atoms with van der Waals surface area (Å²) in [5.41, 5.74) is 5.53. The number of alkyl halides is 2. The van der Waals surface area contributed by atoms with E-state index in [2.05, 4.69) is 0 Å². The number of hydrogen-bond acceptors (Lipinski definition) is 3. The van der Waals surface area contributed by atoms with E-state index in [1.165, 1.54) is 12.1 Å². The molecule has 0 radical (unpaired) electrons. The summed E-state index contributed by atoms with van der Waals surface area (Å²) in [7, 11) is -4.66. The van der Waals surface area contributed by atoms with E-state index in [4.69, 9.17) is 17.3 Å². The van der Waals surface area contributed by atoms with E-state index in [9.17, 15) is 17.2 Å². The Morgan fingerprint density at radius 1 is 1.40 bits per heavy atom. The average Bonchev–Trinajstić information content (AvgIpc) is 2.10. The van der Waals surface area contributed by atoms with Crippen molar-refractivity contribution in [2.45, 2.75) is 5.76 Å². The lowest BCUT2D eigenvalue weighted by Crippen LogP contribution is -2.20. The molecule has 84 valence electrons. The van der Waals surface area contributed by atoms with Gasteiger partial charge in [-0.2, -0.15) is 8.78 Å². The third-order valence-electron chi connectivity index (χ3n) is 1.50. The van der Waals surface area contributed by atoms with Crippen LogP contribution in [-0.2, 0) is 10.0 Å². The van der Waals surface area contributed by atoms with Crippen molar-refractivity contribution in [1.29, 1.82) is 0 Å². The second-order valence-corrected chi connectivity index (χ2v) is 4.70. The number of nitrogen functional groups attached to an aromatic ring is 1. The van der Waals surface area contributed by atoms with Gasteiger partial charge in [-0.3, -0.25) is 4.72 Å². The summed E-state index contributed by atoms with van der Waals surface area (Å²) in [6.45, 7) is 0. The maximum absolute atomic E-state index is 12.0. The van der Waals surface area contributed by atoms with E-state index in [1.54, 1.807) is 4.72 Å². The van der Waals surface area contributed by atoms with Crippen LogP contribution in [0.1, 0.15) is 0 Å². The summed E-state index contributed by atoms with van der Waals surface area (Å²) in [6, 6.07) is 3.70. The summed E-state index contributed by atoms with van der Waals surface area (Å²) in [4.78, 5) is 0. The first kappa shape index (κ1) is 12.0. The third-order valence-corrected chi connectivity index (χ3v) is 2.81. The van der Waals surface area contributed by atoms with Crippen LogP contribution >= 0.6 is 11.6 Å². The highest BCUT2D eigenvalue weighted by atomic mass is 35.5. The van der Waals surface area contributed by atoms with Crippen LogP contribution in [-0.4, -0.2) is 14.2 Å². The summed E-state index contributed by atoms with van der Waals surface area (Å²) in [5.74, 6) is -3.49. The van der Waals surface area contributed by atoms with E-state index in [1.807, 2.05) is 0 Å². The second-order valence-electron chi connectivity index (χ2n) is 2.64. The normalized spacial score (nSPS) is 11.7. The fourth-order valence-electron chi connectivity index (χ4n) is 0.799. The molecule has 8 heteroatoms. The predicted octanol–water partition coefficient (Wildman–Crippen LogP) is 1.89. The molecule has 1 rings (SSSR count). The molecule has 0 aliphatic carbocycles. The number of nitrogens with one attached hydrogen (secondary N) is 1. The Morgan fingerprint density at radius 3 is 2.47 bits per heavy atom. The minimum absolute atomic E-state index is 0.0606. The van der Waals surface area contributed by atoms with Crippen molar-refractivity contribution in [2.24, 2.45) is 0 Å². The summed E-state index contributed by atoms with van der Waals surface area (Å²) < 4.78 is 47.1. The molecule has 0 atom stereocenters. The zero-order chi connectivity index (χ0) is 11.6. The van der Waals surface area contributed by atoms with Crippen LogP contribution in [0.15, 0.2) is 18.2 Å². The molecule has 0 aliphatic rings. The molecule has 0 fully saturated rings. The Balaban J connectivity index is 2.96.